The van der Waals surface area contributed by atoms with Gasteiger partial charge < -0.3 is 10.1 Å². The van der Waals surface area contributed by atoms with Crippen molar-refractivity contribution in [2.24, 2.45) is 0 Å². The van der Waals surface area contributed by atoms with Crippen molar-refractivity contribution in [3.63, 3.8) is 0 Å². The van der Waals surface area contributed by atoms with Crippen LogP contribution in [0.5, 0.6) is 5.75 Å². The molecule has 0 aliphatic rings. The van der Waals surface area contributed by atoms with Crippen LogP contribution in [0.25, 0.3) is 0 Å². The average molecular weight is 366 g/mol. The van der Waals surface area contributed by atoms with E-state index in [9.17, 15) is 18.0 Å². The van der Waals surface area contributed by atoms with E-state index in [1.807, 2.05) is 0 Å². The van der Waals surface area contributed by atoms with Crippen molar-refractivity contribution in [1.82, 2.24) is 10.3 Å². The van der Waals surface area contributed by atoms with Crippen LogP contribution in [0.4, 0.5) is 23.1 Å². The topological polar surface area (TPSA) is 63.2 Å². The van der Waals surface area contributed by atoms with Crippen molar-refractivity contribution in [3.05, 3.63) is 40.4 Å². The van der Waals surface area contributed by atoms with Gasteiger partial charge in [0.2, 0.25) is 0 Å². The van der Waals surface area contributed by atoms with Crippen molar-refractivity contribution in [3.8, 4) is 5.75 Å². The predicted octanol–water partition coefficient (Wildman–Crippen LogP) is 4.02. The Hall–Kier alpha value is -2.00. The fraction of sp³-hybridized carbons (Fsp3) is 0.231. The van der Waals surface area contributed by atoms with Gasteiger partial charge in [-0.3, -0.25) is 5.32 Å². The van der Waals surface area contributed by atoms with Crippen LogP contribution < -0.4 is 15.4 Å². The number of alkyl halides is 3. The summed E-state index contributed by atoms with van der Waals surface area (Å²) in [5.74, 6) is 0.589. The molecule has 2 aromatic rings. The highest BCUT2D eigenvalue weighted by Crippen LogP contribution is 2.31. The number of aromatic nitrogens is 1. The molecule has 124 valence electrons. The van der Waals surface area contributed by atoms with Crippen molar-refractivity contribution in [1.29, 1.82) is 0 Å². The highest BCUT2D eigenvalue weighted by Gasteiger charge is 2.33. The molecule has 2 amide bonds. The molecule has 1 aromatic heterocycles. The van der Waals surface area contributed by atoms with Gasteiger partial charge in [-0.05, 0) is 24.3 Å². The fourth-order valence-corrected chi connectivity index (χ4v) is 2.31. The van der Waals surface area contributed by atoms with E-state index in [-0.39, 0.29) is 18.3 Å². The van der Waals surface area contributed by atoms with Gasteiger partial charge in [0, 0.05) is 10.4 Å². The molecular formula is C13H11ClF3N3O2S. The number of urea groups is 1. The van der Waals surface area contributed by atoms with E-state index in [0.29, 0.717) is 22.1 Å². The van der Waals surface area contributed by atoms with E-state index >= 15 is 0 Å². The third-order valence-corrected chi connectivity index (χ3v) is 3.49. The monoisotopic (exact) mass is 365 g/mol. The highest BCUT2D eigenvalue weighted by molar-refractivity contribution is 7.13. The number of amides is 2. The lowest BCUT2D eigenvalue weighted by Gasteiger charge is -2.08. The first-order chi connectivity index (χ1) is 10.8. The summed E-state index contributed by atoms with van der Waals surface area (Å²) in [6, 6.07) is 6.02. The Bertz CT molecular complexity index is 661. The fourth-order valence-electron chi connectivity index (χ4n) is 1.47. The number of nitrogens with zero attached hydrogens (tertiary/aromatic N) is 1. The summed E-state index contributed by atoms with van der Waals surface area (Å²) in [7, 11) is 0. The van der Waals surface area contributed by atoms with Crippen LogP contribution in [0, 0.1) is 0 Å². The predicted molar refractivity (Wildman–Crippen MR) is 81.1 cm³/mol. The number of hydrogen-bond donors (Lipinski definition) is 2. The molecule has 0 spiro atoms. The largest absolute Gasteiger partial charge is 0.492 e. The molecule has 5 nitrogen and oxygen atoms in total. The van der Waals surface area contributed by atoms with E-state index in [1.165, 1.54) is 0 Å². The van der Waals surface area contributed by atoms with E-state index in [2.05, 4.69) is 15.6 Å². The molecule has 0 aliphatic carbocycles. The number of benzene rings is 1. The maximum Gasteiger partial charge on any atom is 0.434 e. The van der Waals surface area contributed by atoms with Gasteiger partial charge in [-0.15, -0.1) is 11.3 Å². The minimum absolute atomic E-state index is 0.131. The molecule has 0 saturated heterocycles. The molecule has 0 aliphatic heterocycles. The lowest BCUT2D eigenvalue weighted by Crippen LogP contribution is -2.32. The Labute approximate surface area is 138 Å². The van der Waals surface area contributed by atoms with Crippen molar-refractivity contribution in [2.45, 2.75) is 6.18 Å². The summed E-state index contributed by atoms with van der Waals surface area (Å²) >= 11 is 6.42. The lowest BCUT2D eigenvalue weighted by atomic mass is 10.3. The van der Waals surface area contributed by atoms with E-state index in [4.69, 9.17) is 16.3 Å². The molecule has 10 heteroatoms. The third kappa shape index (κ3) is 5.61. The van der Waals surface area contributed by atoms with Crippen LogP contribution in [-0.2, 0) is 6.18 Å². The minimum Gasteiger partial charge on any atom is -0.492 e. The Kier molecular flexibility index (Phi) is 5.67. The molecule has 1 aromatic carbocycles. The van der Waals surface area contributed by atoms with Gasteiger partial charge in [0.1, 0.15) is 12.4 Å². The van der Waals surface area contributed by atoms with Crippen LogP contribution in [0.1, 0.15) is 5.69 Å². The zero-order chi connectivity index (χ0) is 16.9. The van der Waals surface area contributed by atoms with Gasteiger partial charge in [0.25, 0.3) is 0 Å². The van der Waals surface area contributed by atoms with E-state index < -0.39 is 17.9 Å². The van der Waals surface area contributed by atoms with Crippen molar-refractivity contribution in [2.75, 3.05) is 18.5 Å². The molecule has 0 fully saturated rings. The average Bonchev–Trinajstić information content (AvgIpc) is 2.94. The van der Waals surface area contributed by atoms with E-state index in [1.54, 1.807) is 24.3 Å². The first-order valence-electron chi connectivity index (χ1n) is 6.30. The number of rotatable bonds is 5. The van der Waals surface area contributed by atoms with Crippen LogP contribution in [0.3, 0.4) is 0 Å². The number of hydrogen-bond acceptors (Lipinski definition) is 4. The molecule has 2 rings (SSSR count). The maximum absolute atomic E-state index is 12.4. The Balaban J connectivity index is 1.71. The van der Waals surface area contributed by atoms with Gasteiger partial charge in [-0.1, -0.05) is 11.6 Å². The number of carbonyl (C=O) groups is 1. The molecule has 0 bridgehead atoms. The van der Waals surface area contributed by atoms with Gasteiger partial charge in [0.15, 0.2) is 10.8 Å². The lowest BCUT2D eigenvalue weighted by molar-refractivity contribution is -0.140. The molecule has 23 heavy (non-hydrogen) atoms. The molecular weight excluding hydrogens is 355 g/mol. The highest BCUT2D eigenvalue weighted by atomic mass is 35.5. The number of carbonyl (C=O) groups excluding carboxylic acids is 1. The molecule has 0 unspecified atom stereocenters. The Morgan fingerprint density at radius 2 is 2.00 bits per heavy atom. The summed E-state index contributed by atoms with van der Waals surface area (Å²) < 4.78 is 42.4. The number of halogens is 4. The quantitative estimate of drug-likeness (QED) is 0.787. The summed E-state index contributed by atoms with van der Waals surface area (Å²) in [5, 5.41) is 5.95. The van der Waals surface area contributed by atoms with Crippen LogP contribution in [0.2, 0.25) is 5.02 Å². The standard InChI is InChI=1S/C13H11ClF3N3O2S/c14-8-1-3-9(4-2-8)22-6-5-18-11(21)20-12-19-10(7-23-12)13(15,16)17/h1-4,7H,5-6H2,(H2,18,19,20,21). The minimum atomic E-state index is -4.53. The molecule has 0 saturated carbocycles. The summed E-state index contributed by atoms with van der Waals surface area (Å²) in [5.41, 5.74) is -1.04. The molecule has 0 atom stereocenters. The molecule has 0 radical (unpaired) electrons. The third-order valence-electron chi connectivity index (χ3n) is 2.49. The summed E-state index contributed by atoms with van der Waals surface area (Å²) in [6.45, 7) is 0.368. The number of thiazole rings is 1. The first kappa shape index (κ1) is 17.4. The van der Waals surface area contributed by atoms with Gasteiger partial charge >= 0.3 is 12.2 Å². The van der Waals surface area contributed by atoms with Crippen molar-refractivity contribution >= 4 is 34.1 Å². The second-order valence-corrected chi connectivity index (χ2v) is 5.51. The van der Waals surface area contributed by atoms with E-state index in [0.717, 1.165) is 5.38 Å². The van der Waals surface area contributed by atoms with Gasteiger partial charge in [-0.25, -0.2) is 9.78 Å². The number of ether oxygens (including phenoxy) is 1. The van der Waals surface area contributed by atoms with Crippen LogP contribution in [0.15, 0.2) is 29.6 Å². The second-order valence-electron chi connectivity index (χ2n) is 4.22. The van der Waals surface area contributed by atoms with Gasteiger partial charge in [0.05, 0.1) is 6.54 Å². The van der Waals surface area contributed by atoms with Crippen molar-refractivity contribution < 1.29 is 22.7 Å². The number of nitrogens with one attached hydrogen (secondary N) is 2. The van der Waals surface area contributed by atoms with Crippen LogP contribution in [-0.4, -0.2) is 24.2 Å². The zero-order valence-electron chi connectivity index (χ0n) is 11.5. The normalized spacial score (nSPS) is 11.1. The summed E-state index contributed by atoms with van der Waals surface area (Å²) in [4.78, 5) is 14.8. The molecule has 2 N–H and O–H groups in total. The maximum atomic E-state index is 12.4. The van der Waals surface area contributed by atoms with Crippen LogP contribution >= 0.6 is 22.9 Å². The first-order valence-corrected chi connectivity index (χ1v) is 7.56. The Morgan fingerprint density at radius 1 is 1.30 bits per heavy atom. The Morgan fingerprint density at radius 3 is 2.61 bits per heavy atom. The SMILES string of the molecule is O=C(NCCOc1ccc(Cl)cc1)Nc1nc(C(F)(F)F)cs1. The van der Waals surface area contributed by atoms with Gasteiger partial charge in [-0.2, -0.15) is 13.2 Å². The molecule has 1 heterocycles. The smallest absolute Gasteiger partial charge is 0.434 e. The zero-order valence-corrected chi connectivity index (χ0v) is 13.1. The second kappa shape index (κ2) is 7.51. The summed E-state index contributed by atoms with van der Waals surface area (Å²) in [6.07, 6.45) is -4.53. The number of anilines is 1.